The summed E-state index contributed by atoms with van der Waals surface area (Å²) in [6, 6.07) is 57.9. The summed E-state index contributed by atoms with van der Waals surface area (Å²) in [6.07, 6.45) is 3.62. The van der Waals surface area contributed by atoms with E-state index in [1.54, 1.807) is 0 Å². The van der Waals surface area contributed by atoms with Gasteiger partial charge in [-0.25, -0.2) is 9.97 Å². The number of hydrogen-bond acceptors (Lipinski definition) is 4. The van der Waals surface area contributed by atoms with Gasteiger partial charge in [0.2, 0.25) is 0 Å². The Balaban J connectivity index is 0.000000157. The van der Waals surface area contributed by atoms with Crippen LogP contribution in [-0.2, 0) is 0 Å². The Labute approximate surface area is 293 Å². The molecule has 0 saturated heterocycles. The highest BCUT2D eigenvalue weighted by Crippen LogP contribution is 2.34. The third-order valence-corrected chi connectivity index (χ3v) is 8.47. The van der Waals surface area contributed by atoms with Crippen LogP contribution in [0, 0.1) is 13.8 Å². The van der Waals surface area contributed by atoms with Gasteiger partial charge >= 0.3 is 0 Å². The Morgan fingerprint density at radius 2 is 0.680 bits per heavy atom. The van der Waals surface area contributed by atoms with Crippen LogP contribution in [-0.4, -0.2) is 19.9 Å². The fraction of sp³-hybridized carbons (Fsp3) is 0.0435. The number of pyridine rings is 4. The lowest BCUT2D eigenvalue weighted by Crippen LogP contribution is -1.94. The third-order valence-electron chi connectivity index (χ3n) is 8.47. The molecule has 0 atom stereocenters. The summed E-state index contributed by atoms with van der Waals surface area (Å²) in [4.78, 5) is 18.9. The topological polar surface area (TPSA) is 51.6 Å². The van der Waals surface area contributed by atoms with Crippen LogP contribution < -0.4 is 0 Å². The molecule has 0 bridgehead atoms. The van der Waals surface area contributed by atoms with Crippen molar-refractivity contribution in [1.29, 1.82) is 0 Å². The number of benzene rings is 4. The van der Waals surface area contributed by atoms with Gasteiger partial charge in [-0.05, 0) is 73.5 Å². The molecule has 50 heavy (non-hydrogen) atoms. The van der Waals surface area contributed by atoms with E-state index >= 15 is 0 Å². The first-order valence-electron chi connectivity index (χ1n) is 16.7. The highest BCUT2D eigenvalue weighted by molar-refractivity contribution is 5.82. The largest absolute Gasteiger partial charge is 0.255 e. The molecule has 0 fully saturated rings. The molecule has 4 aromatic heterocycles. The number of aromatic nitrogens is 4. The fourth-order valence-electron chi connectivity index (χ4n) is 5.79. The van der Waals surface area contributed by atoms with Crippen molar-refractivity contribution in [2.45, 2.75) is 13.8 Å². The summed E-state index contributed by atoms with van der Waals surface area (Å²) in [7, 11) is 0. The molecule has 4 heteroatoms. The number of aryl methyl sites for hydroxylation is 2. The van der Waals surface area contributed by atoms with E-state index in [9.17, 15) is 0 Å². The van der Waals surface area contributed by atoms with Crippen molar-refractivity contribution < 1.29 is 0 Å². The van der Waals surface area contributed by atoms with Gasteiger partial charge in [0, 0.05) is 34.6 Å². The van der Waals surface area contributed by atoms with Crippen LogP contribution in [0.4, 0.5) is 0 Å². The molecule has 240 valence electrons. The summed E-state index contributed by atoms with van der Waals surface area (Å²) in [6.45, 7) is 4.19. The van der Waals surface area contributed by atoms with Gasteiger partial charge in [0.1, 0.15) is 0 Å². The van der Waals surface area contributed by atoms with Crippen LogP contribution in [0.3, 0.4) is 0 Å². The molecule has 0 aliphatic rings. The van der Waals surface area contributed by atoms with Gasteiger partial charge in [0.05, 0.1) is 34.2 Å². The Hall–Kier alpha value is -6.52. The zero-order valence-corrected chi connectivity index (χ0v) is 28.1. The monoisotopic (exact) mass is 644 g/mol. The van der Waals surface area contributed by atoms with Crippen molar-refractivity contribution in [3.8, 4) is 67.5 Å². The average Bonchev–Trinajstić information content (AvgIpc) is 3.20. The summed E-state index contributed by atoms with van der Waals surface area (Å²) >= 11 is 0. The van der Waals surface area contributed by atoms with Crippen molar-refractivity contribution in [3.63, 3.8) is 0 Å². The van der Waals surface area contributed by atoms with Crippen LogP contribution in [0.25, 0.3) is 67.5 Å². The first-order chi connectivity index (χ1) is 24.6. The predicted molar refractivity (Wildman–Crippen MR) is 206 cm³/mol. The van der Waals surface area contributed by atoms with Crippen molar-refractivity contribution in [3.05, 3.63) is 193 Å². The van der Waals surface area contributed by atoms with E-state index in [4.69, 9.17) is 9.97 Å². The van der Waals surface area contributed by atoms with Crippen LogP contribution in [0.2, 0.25) is 0 Å². The standard InChI is InChI=1S/2C23H18N2/c2*1-17-10-12-18(13-11-17)20-14-15-21(19-7-3-2-4-8-19)25-23(20)22-9-5-6-16-24-22/h2*2-16H,1H3. The summed E-state index contributed by atoms with van der Waals surface area (Å²) in [5, 5.41) is 0. The van der Waals surface area contributed by atoms with E-state index in [1.807, 2.05) is 85.2 Å². The minimum atomic E-state index is 0.885. The smallest absolute Gasteiger partial charge is 0.0971 e. The number of nitrogens with zero attached hydrogens (tertiary/aromatic N) is 4. The highest BCUT2D eigenvalue weighted by atomic mass is 14.8. The molecule has 8 rings (SSSR count). The normalized spacial score (nSPS) is 10.6. The Morgan fingerprint density at radius 3 is 1.04 bits per heavy atom. The minimum absolute atomic E-state index is 0.885. The summed E-state index contributed by atoms with van der Waals surface area (Å²) < 4.78 is 0. The fourth-order valence-corrected chi connectivity index (χ4v) is 5.79. The molecule has 0 amide bonds. The van der Waals surface area contributed by atoms with Gasteiger partial charge in [0.25, 0.3) is 0 Å². The minimum Gasteiger partial charge on any atom is -0.255 e. The average molecular weight is 645 g/mol. The quantitative estimate of drug-likeness (QED) is 0.181. The van der Waals surface area contributed by atoms with E-state index in [-0.39, 0.29) is 0 Å². The summed E-state index contributed by atoms with van der Waals surface area (Å²) in [5.41, 5.74) is 14.7. The third kappa shape index (κ3) is 7.46. The van der Waals surface area contributed by atoms with E-state index in [1.165, 1.54) is 11.1 Å². The van der Waals surface area contributed by atoms with E-state index in [0.717, 1.165) is 67.5 Å². The Kier molecular flexibility index (Phi) is 9.70. The molecule has 0 saturated carbocycles. The molecule has 0 aliphatic heterocycles. The Bertz CT molecular complexity index is 2120. The zero-order chi connectivity index (χ0) is 34.1. The highest BCUT2D eigenvalue weighted by Gasteiger charge is 2.14. The van der Waals surface area contributed by atoms with Gasteiger partial charge in [-0.3, -0.25) is 9.97 Å². The van der Waals surface area contributed by atoms with E-state index < -0.39 is 0 Å². The maximum Gasteiger partial charge on any atom is 0.0971 e. The van der Waals surface area contributed by atoms with Crippen molar-refractivity contribution in [2.24, 2.45) is 0 Å². The molecule has 0 spiro atoms. The van der Waals surface area contributed by atoms with Crippen molar-refractivity contribution in [2.75, 3.05) is 0 Å². The second-order valence-electron chi connectivity index (χ2n) is 12.1. The maximum atomic E-state index is 4.95. The molecule has 4 heterocycles. The maximum absolute atomic E-state index is 4.95. The van der Waals surface area contributed by atoms with Crippen LogP contribution in [0.15, 0.2) is 182 Å². The molecule has 4 nitrogen and oxygen atoms in total. The first-order valence-corrected chi connectivity index (χ1v) is 16.7. The van der Waals surface area contributed by atoms with Crippen molar-refractivity contribution in [1.82, 2.24) is 19.9 Å². The van der Waals surface area contributed by atoms with Gasteiger partial charge in [-0.2, -0.15) is 0 Å². The Morgan fingerprint density at radius 1 is 0.300 bits per heavy atom. The summed E-state index contributed by atoms with van der Waals surface area (Å²) in [5.74, 6) is 0. The van der Waals surface area contributed by atoms with Gasteiger partial charge in [-0.15, -0.1) is 0 Å². The molecular formula is C46H36N4. The zero-order valence-electron chi connectivity index (χ0n) is 28.1. The lowest BCUT2D eigenvalue weighted by molar-refractivity contribution is 1.25. The second kappa shape index (κ2) is 15.1. The molecule has 0 unspecified atom stereocenters. The van der Waals surface area contributed by atoms with Crippen LogP contribution in [0.5, 0.6) is 0 Å². The molecular weight excluding hydrogens is 609 g/mol. The lowest BCUT2D eigenvalue weighted by atomic mass is 9.99. The number of rotatable bonds is 6. The van der Waals surface area contributed by atoms with E-state index in [0.29, 0.717) is 0 Å². The van der Waals surface area contributed by atoms with E-state index in [2.05, 4.69) is 121 Å². The second-order valence-corrected chi connectivity index (χ2v) is 12.1. The van der Waals surface area contributed by atoms with Gasteiger partial charge < -0.3 is 0 Å². The van der Waals surface area contributed by atoms with Gasteiger partial charge in [0.15, 0.2) is 0 Å². The van der Waals surface area contributed by atoms with Crippen molar-refractivity contribution >= 4 is 0 Å². The molecule has 8 aromatic rings. The number of hydrogen-bond donors (Lipinski definition) is 0. The predicted octanol–water partition coefficient (Wildman–Crippen LogP) is 11.6. The van der Waals surface area contributed by atoms with Crippen LogP contribution >= 0.6 is 0 Å². The van der Waals surface area contributed by atoms with Crippen LogP contribution in [0.1, 0.15) is 11.1 Å². The van der Waals surface area contributed by atoms with Gasteiger partial charge in [-0.1, -0.05) is 132 Å². The molecule has 0 radical (unpaired) electrons. The molecule has 0 N–H and O–H groups in total. The first kappa shape index (κ1) is 32.0. The molecule has 4 aromatic carbocycles. The SMILES string of the molecule is Cc1ccc(-c2ccc(-c3ccccc3)nc2-c2ccccn2)cc1.Cc1ccc(-c2ccc(-c3ccccc3)nc2-c2ccccn2)cc1. The lowest BCUT2D eigenvalue weighted by Gasteiger charge is -2.11. The molecule has 0 aliphatic carbocycles.